The van der Waals surface area contributed by atoms with Gasteiger partial charge in [0.15, 0.2) is 0 Å². The minimum Gasteiger partial charge on any atom is -0.303 e. The van der Waals surface area contributed by atoms with Crippen LogP contribution in [0.1, 0.15) is 67.8 Å². The molecule has 2 atom stereocenters. The molecule has 0 amide bonds. The number of hydrogen-bond donors (Lipinski definition) is 2. The number of hydrogen-bond acceptors (Lipinski definition) is 4. The van der Waals surface area contributed by atoms with Gasteiger partial charge in [-0.3, -0.25) is 5.10 Å². The lowest BCUT2D eigenvalue weighted by molar-refractivity contribution is 0.498. The van der Waals surface area contributed by atoms with Gasteiger partial charge >= 0.3 is 0 Å². The van der Waals surface area contributed by atoms with Gasteiger partial charge in [0.05, 0.1) is 16.9 Å². The van der Waals surface area contributed by atoms with Crippen LogP contribution in [-0.4, -0.2) is 15.2 Å². The molecule has 0 bridgehead atoms. The lowest BCUT2D eigenvalue weighted by Gasteiger charge is -2.18. The van der Waals surface area contributed by atoms with Crippen molar-refractivity contribution in [1.82, 2.24) is 20.5 Å². The normalized spacial score (nSPS) is 15.3. The number of rotatable bonds is 4. The zero-order valence-electron chi connectivity index (χ0n) is 13.1. The van der Waals surface area contributed by atoms with Crippen LogP contribution in [0.5, 0.6) is 0 Å². The van der Waals surface area contributed by atoms with Gasteiger partial charge in [-0.25, -0.2) is 4.98 Å². The second-order valence-corrected chi connectivity index (χ2v) is 7.39. The van der Waals surface area contributed by atoms with Crippen molar-refractivity contribution < 1.29 is 0 Å². The maximum absolute atomic E-state index is 4.73. The number of nitrogens with one attached hydrogen (secondary N) is 2. The van der Waals surface area contributed by atoms with Crippen molar-refractivity contribution in [2.24, 2.45) is 0 Å². The molecule has 0 radical (unpaired) electrons. The Kier molecular flexibility index (Phi) is 4.30. The van der Waals surface area contributed by atoms with Crippen LogP contribution in [0.2, 0.25) is 0 Å². The SMILES string of the molecule is Cc1nc(C(C)(C)C)sc1C(C)NC(C)c1cn[nH]c1. The molecule has 2 N–H and O–H groups in total. The van der Waals surface area contributed by atoms with E-state index in [9.17, 15) is 0 Å². The number of aromatic nitrogens is 3. The Balaban J connectivity index is 2.13. The molecule has 2 rings (SSSR count). The number of H-pyrrole nitrogens is 1. The molecule has 2 aromatic rings. The summed E-state index contributed by atoms with van der Waals surface area (Å²) < 4.78 is 0. The van der Waals surface area contributed by atoms with Crippen LogP contribution in [0.15, 0.2) is 12.4 Å². The molecule has 4 nitrogen and oxygen atoms in total. The largest absolute Gasteiger partial charge is 0.303 e. The molecule has 2 unspecified atom stereocenters. The van der Waals surface area contributed by atoms with Gasteiger partial charge in [-0.1, -0.05) is 20.8 Å². The van der Waals surface area contributed by atoms with E-state index in [-0.39, 0.29) is 17.5 Å². The third-order valence-electron chi connectivity index (χ3n) is 3.39. The first-order valence-electron chi connectivity index (χ1n) is 7.01. The van der Waals surface area contributed by atoms with Gasteiger partial charge in [0.1, 0.15) is 0 Å². The maximum Gasteiger partial charge on any atom is 0.0985 e. The summed E-state index contributed by atoms with van der Waals surface area (Å²) in [5.41, 5.74) is 2.43. The highest BCUT2D eigenvalue weighted by Crippen LogP contribution is 2.33. The molecule has 0 aromatic carbocycles. The van der Waals surface area contributed by atoms with E-state index in [2.05, 4.69) is 57.1 Å². The Bertz CT molecular complexity index is 551. The monoisotopic (exact) mass is 292 g/mol. The number of nitrogens with zero attached hydrogens (tertiary/aromatic N) is 2. The van der Waals surface area contributed by atoms with Crippen LogP contribution < -0.4 is 5.32 Å². The maximum atomic E-state index is 4.73. The lowest BCUT2D eigenvalue weighted by Crippen LogP contribution is -2.22. The van der Waals surface area contributed by atoms with E-state index in [1.54, 1.807) is 0 Å². The zero-order chi connectivity index (χ0) is 14.9. The van der Waals surface area contributed by atoms with Crippen molar-refractivity contribution in [2.45, 2.75) is 59.0 Å². The summed E-state index contributed by atoms with van der Waals surface area (Å²) in [7, 11) is 0. The van der Waals surface area contributed by atoms with Crippen LogP contribution in [0, 0.1) is 6.92 Å². The minimum atomic E-state index is 0.115. The molecule has 110 valence electrons. The number of aryl methyl sites for hydroxylation is 1. The summed E-state index contributed by atoms with van der Waals surface area (Å²) in [6, 6.07) is 0.553. The fraction of sp³-hybridized carbons (Fsp3) is 0.600. The van der Waals surface area contributed by atoms with E-state index in [0.29, 0.717) is 0 Å². The zero-order valence-corrected chi connectivity index (χ0v) is 13.9. The summed E-state index contributed by atoms with van der Waals surface area (Å²) in [5.74, 6) is 0. The Hall–Kier alpha value is -1.20. The van der Waals surface area contributed by atoms with E-state index in [1.165, 1.54) is 15.4 Å². The van der Waals surface area contributed by atoms with Crippen molar-refractivity contribution >= 4 is 11.3 Å². The van der Waals surface area contributed by atoms with Crippen molar-refractivity contribution in [3.63, 3.8) is 0 Å². The molecular formula is C15H24N4S. The third-order valence-corrected chi connectivity index (χ3v) is 5.15. The highest BCUT2D eigenvalue weighted by Gasteiger charge is 2.23. The van der Waals surface area contributed by atoms with E-state index in [1.807, 2.05) is 23.7 Å². The van der Waals surface area contributed by atoms with Gasteiger partial charge in [-0.05, 0) is 20.8 Å². The summed E-state index contributed by atoms with van der Waals surface area (Å²) in [6.45, 7) is 13.1. The molecule has 2 aromatic heterocycles. The fourth-order valence-electron chi connectivity index (χ4n) is 2.18. The Labute approximate surface area is 125 Å². The Morgan fingerprint density at radius 1 is 1.25 bits per heavy atom. The molecule has 0 saturated heterocycles. The topological polar surface area (TPSA) is 53.6 Å². The first-order chi connectivity index (χ1) is 9.29. The second kappa shape index (κ2) is 5.66. The molecule has 0 fully saturated rings. The summed E-state index contributed by atoms with van der Waals surface area (Å²) >= 11 is 1.82. The molecular weight excluding hydrogens is 268 g/mol. The quantitative estimate of drug-likeness (QED) is 0.899. The van der Waals surface area contributed by atoms with Crippen molar-refractivity contribution in [3.8, 4) is 0 Å². The first kappa shape index (κ1) is 15.2. The molecule has 5 heteroatoms. The molecule has 0 saturated carbocycles. The molecule has 0 aliphatic carbocycles. The van der Waals surface area contributed by atoms with E-state index in [4.69, 9.17) is 4.98 Å². The Morgan fingerprint density at radius 3 is 2.45 bits per heavy atom. The van der Waals surface area contributed by atoms with Crippen molar-refractivity contribution in [2.75, 3.05) is 0 Å². The highest BCUT2D eigenvalue weighted by molar-refractivity contribution is 7.12. The molecule has 0 aliphatic heterocycles. The predicted octanol–water partition coefficient (Wildman–Crippen LogP) is 3.88. The van der Waals surface area contributed by atoms with E-state index in [0.717, 1.165) is 5.69 Å². The highest BCUT2D eigenvalue weighted by atomic mass is 32.1. The van der Waals surface area contributed by atoms with Crippen molar-refractivity contribution in [1.29, 1.82) is 0 Å². The van der Waals surface area contributed by atoms with E-state index >= 15 is 0 Å². The first-order valence-corrected chi connectivity index (χ1v) is 7.83. The average Bonchev–Trinajstić information content (AvgIpc) is 2.95. The lowest BCUT2D eigenvalue weighted by atomic mass is 9.98. The summed E-state index contributed by atoms with van der Waals surface area (Å²) in [5, 5.41) is 11.7. The van der Waals surface area contributed by atoms with Crippen LogP contribution >= 0.6 is 11.3 Å². The minimum absolute atomic E-state index is 0.115. The number of aromatic amines is 1. The second-order valence-electron chi connectivity index (χ2n) is 6.36. The van der Waals surface area contributed by atoms with Gasteiger partial charge in [0, 0.05) is 34.1 Å². The van der Waals surface area contributed by atoms with Gasteiger partial charge in [-0.2, -0.15) is 5.10 Å². The van der Waals surface area contributed by atoms with E-state index < -0.39 is 0 Å². The molecule has 2 heterocycles. The van der Waals surface area contributed by atoms with Crippen LogP contribution in [0.4, 0.5) is 0 Å². The third kappa shape index (κ3) is 3.27. The molecule has 0 spiro atoms. The fourth-order valence-corrected chi connectivity index (χ4v) is 3.31. The Morgan fingerprint density at radius 2 is 1.95 bits per heavy atom. The molecule has 0 aliphatic rings. The van der Waals surface area contributed by atoms with Crippen molar-refractivity contribution in [3.05, 3.63) is 33.5 Å². The summed E-state index contributed by atoms with van der Waals surface area (Å²) in [4.78, 5) is 6.06. The van der Waals surface area contributed by atoms with Gasteiger partial charge < -0.3 is 5.32 Å². The summed E-state index contributed by atoms with van der Waals surface area (Å²) in [6.07, 6.45) is 3.80. The number of thiazole rings is 1. The molecule has 20 heavy (non-hydrogen) atoms. The van der Waals surface area contributed by atoms with Crippen LogP contribution in [0.25, 0.3) is 0 Å². The van der Waals surface area contributed by atoms with Gasteiger partial charge in [0.25, 0.3) is 0 Å². The standard InChI is InChI=1S/C15H24N4S/c1-9(12-7-16-17-8-12)18-10(2)13-11(3)19-14(20-13)15(4,5)6/h7-10,18H,1-6H3,(H,16,17). The van der Waals surface area contributed by atoms with Gasteiger partial charge in [0.2, 0.25) is 0 Å². The van der Waals surface area contributed by atoms with Crippen LogP contribution in [0.3, 0.4) is 0 Å². The van der Waals surface area contributed by atoms with Gasteiger partial charge in [-0.15, -0.1) is 11.3 Å². The smallest absolute Gasteiger partial charge is 0.0985 e. The van der Waals surface area contributed by atoms with Crippen LogP contribution in [-0.2, 0) is 5.41 Å². The predicted molar refractivity (Wildman–Crippen MR) is 84.1 cm³/mol. The average molecular weight is 292 g/mol.